The number of piperidine rings is 1. The standard InChI is InChI=1S/C19H26N4O2/c1-5-7-15-19(3,4)9-6-11-22(15)17(24)12-14-13(2)21-16-8-10-20-23(16)18(14)25/h5,8,10,15,20H,1,6-7,9,11-12H2,2-4H3. The van der Waals surface area contributed by atoms with Crippen molar-refractivity contribution < 1.29 is 4.79 Å². The number of nitrogens with zero attached hydrogens (tertiary/aromatic N) is 3. The van der Waals surface area contributed by atoms with Gasteiger partial charge in [0.15, 0.2) is 5.65 Å². The maximum Gasteiger partial charge on any atom is 0.276 e. The van der Waals surface area contributed by atoms with Crippen LogP contribution < -0.4 is 5.56 Å². The number of aromatic amines is 1. The van der Waals surface area contributed by atoms with E-state index < -0.39 is 0 Å². The van der Waals surface area contributed by atoms with Crippen LogP contribution in [0.3, 0.4) is 0 Å². The van der Waals surface area contributed by atoms with Crippen molar-refractivity contribution in [2.45, 2.75) is 52.5 Å². The minimum Gasteiger partial charge on any atom is -0.339 e. The molecule has 1 fully saturated rings. The molecular formula is C19H26N4O2. The van der Waals surface area contributed by atoms with Gasteiger partial charge in [0.05, 0.1) is 6.42 Å². The second kappa shape index (κ2) is 6.50. The number of H-pyrrole nitrogens is 1. The number of hydrogen-bond donors (Lipinski definition) is 1. The molecule has 0 aliphatic carbocycles. The zero-order chi connectivity index (χ0) is 18.2. The molecule has 1 saturated heterocycles. The molecule has 0 bridgehead atoms. The fourth-order valence-corrected chi connectivity index (χ4v) is 3.91. The predicted molar refractivity (Wildman–Crippen MR) is 97.6 cm³/mol. The molecule has 25 heavy (non-hydrogen) atoms. The first-order chi connectivity index (χ1) is 11.8. The van der Waals surface area contributed by atoms with Crippen LogP contribution in [0.4, 0.5) is 0 Å². The fraction of sp³-hybridized carbons (Fsp3) is 0.526. The highest BCUT2D eigenvalue weighted by molar-refractivity contribution is 5.79. The van der Waals surface area contributed by atoms with Gasteiger partial charge in [-0.2, -0.15) is 0 Å². The number of aromatic nitrogens is 3. The van der Waals surface area contributed by atoms with Crippen LogP contribution in [0.1, 0.15) is 44.4 Å². The highest BCUT2D eigenvalue weighted by atomic mass is 16.2. The van der Waals surface area contributed by atoms with Crippen molar-refractivity contribution in [1.82, 2.24) is 19.5 Å². The van der Waals surface area contributed by atoms with E-state index in [0.29, 0.717) is 16.9 Å². The molecule has 1 unspecified atom stereocenters. The lowest BCUT2D eigenvalue weighted by Gasteiger charge is -2.46. The van der Waals surface area contributed by atoms with Crippen molar-refractivity contribution in [3.05, 3.63) is 46.5 Å². The van der Waals surface area contributed by atoms with Crippen molar-refractivity contribution in [2.24, 2.45) is 5.41 Å². The van der Waals surface area contributed by atoms with E-state index in [1.165, 1.54) is 4.52 Å². The largest absolute Gasteiger partial charge is 0.339 e. The Kier molecular flexibility index (Phi) is 4.54. The summed E-state index contributed by atoms with van der Waals surface area (Å²) in [7, 11) is 0. The molecule has 3 rings (SSSR count). The molecule has 6 heteroatoms. The number of rotatable bonds is 4. The molecule has 1 atom stereocenters. The summed E-state index contributed by atoms with van der Waals surface area (Å²) in [5, 5.41) is 2.85. The van der Waals surface area contributed by atoms with Gasteiger partial charge in [-0.25, -0.2) is 9.50 Å². The topological polar surface area (TPSA) is 70.5 Å². The summed E-state index contributed by atoms with van der Waals surface area (Å²) in [5.74, 6) is -0.00636. The number of amides is 1. The smallest absolute Gasteiger partial charge is 0.276 e. The number of carbonyl (C=O) groups excluding carboxylic acids is 1. The SMILES string of the molecule is C=CCC1N(C(=O)Cc2c(C)nc3cc[nH]n3c2=O)CCCC1(C)C. The zero-order valence-electron chi connectivity index (χ0n) is 15.2. The Bertz CT molecular complexity index is 862. The normalized spacial score (nSPS) is 20.0. The number of hydrogen-bond acceptors (Lipinski definition) is 3. The van der Waals surface area contributed by atoms with Crippen molar-refractivity contribution in [2.75, 3.05) is 6.54 Å². The van der Waals surface area contributed by atoms with Crippen molar-refractivity contribution in [3.63, 3.8) is 0 Å². The first-order valence-corrected chi connectivity index (χ1v) is 8.81. The average Bonchev–Trinajstić information content (AvgIpc) is 3.01. The summed E-state index contributed by atoms with van der Waals surface area (Å²) < 4.78 is 1.39. The Hall–Kier alpha value is -2.37. The molecule has 3 heterocycles. The number of fused-ring (bicyclic) bond motifs is 1. The van der Waals surface area contributed by atoms with Crippen LogP contribution in [-0.4, -0.2) is 38.0 Å². The summed E-state index contributed by atoms with van der Waals surface area (Å²) in [4.78, 5) is 32.1. The lowest BCUT2D eigenvalue weighted by Crippen LogP contribution is -2.52. The second-order valence-corrected chi connectivity index (χ2v) is 7.53. The minimum atomic E-state index is -0.197. The Morgan fingerprint density at radius 2 is 2.28 bits per heavy atom. The Balaban J connectivity index is 1.91. The highest BCUT2D eigenvalue weighted by Gasteiger charge is 2.39. The molecule has 1 amide bonds. The van der Waals surface area contributed by atoms with Crippen LogP contribution >= 0.6 is 0 Å². The van der Waals surface area contributed by atoms with Gasteiger partial charge in [-0.05, 0) is 31.6 Å². The Labute approximate surface area is 147 Å². The molecule has 0 radical (unpaired) electrons. The van der Waals surface area contributed by atoms with Crippen LogP contribution in [0.15, 0.2) is 29.7 Å². The minimum absolute atomic E-state index is 0.00636. The van der Waals surface area contributed by atoms with E-state index in [1.54, 1.807) is 19.2 Å². The van der Waals surface area contributed by atoms with Crippen LogP contribution in [0.5, 0.6) is 0 Å². The molecule has 0 aromatic carbocycles. The third-order valence-electron chi connectivity index (χ3n) is 5.38. The van der Waals surface area contributed by atoms with Crippen LogP contribution in [-0.2, 0) is 11.2 Å². The van der Waals surface area contributed by atoms with E-state index >= 15 is 0 Å². The predicted octanol–water partition coefficient (Wildman–Crippen LogP) is 2.47. The van der Waals surface area contributed by atoms with Gasteiger partial charge in [-0.3, -0.25) is 14.7 Å². The van der Waals surface area contributed by atoms with Gasteiger partial charge in [0.2, 0.25) is 5.91 Å². The van der Waals surface area contributed by atoms with Crippen LogP contribution in [0, 0.1) is 12.3 Å². The van der Waals surface area contributed by atoms with E-state index in [0.717, 1.165) is 25.8 Å². The molecule has 1 aliphatic rings. The Morgan fingerprint density at radius 1 is 1.52 bits per heavy atom. The van der Waals surface area contributed by atoms with Gasteiger partial charge in [0.25, 0.3) is 5.56 Å². The van der Waals surface area contributed by atoms with Crippen LogP contribution in [0.2, 0.25) is 0 Å². The van der Waals surface area contributed by atoms with Crippen molar-refractivity contribution >= 4 is 11.6 Å². The lowest BCUT2D eigenvalue weighted by molar-refractivity contribution is -0.138. The van der Waals surface area contributed by atoms with Gasteiger partial charge < -0.3 is 4.90 Å². The van der Waals surface area contributed by atoms with Gasteiger partial charge >= 0.3 is 0 Å². The average molecular weight is 342 g/mol. The maximum absolute atomic E-state index is 13.0. The Morgan fingerprint density at radius 3 is 3.00 bits per heavy atom. The molecule has 1 N–H and O–H groups in total. The van der Waals surface area contributed by atoms with E-state index in [4.69, 9.17) is 0 Å². The number of likely N-dealkylation sites (tertiary alicyclic amines) is 1. The van der Waals surface area contributed by atoms with Gasteiger partial charge in [0, 0.05) is 36.1 Å². The molecule has 2 aromatic rings. The summed E-state index contributed by atoms with van der Waals surface area (Å²) in [6.45, 7) is 10.8. The first-order valence-electron chi connectivity index (χ1n) is 8.81. The van der Waals surface area contributed by atoms with E-state index in [-0.39, 0.29) is 29.3 Å². The van der Waals surface area contributed by atoms with E-state index in [9.17, 15) is 9.59 Å². The quantitative estimate of drug-likeness (QED) is 0.868. The summed E-state index contributed by atoms with van der Waals surface area (Å²) in [6, 6.07) is 1.87. The summed E-state index contributed by atoms with van der Waals surface area (Å²) in [5.41, 5.74) is 1.51. The number of nitrogens with one attached hydrogen (secondary N) is 1. The molecule has 6 nitrogen and oxygen atoms in total. The van der Waals surface area contributed by atoms with Crippen LogP contribution in [0.25, 0.3) is 5.65 Å². The molecular weight excluding hydrogens is 316 g/mol. The maximum atomic E-state index is 13.0. The third kappa shape index (κ3) is 3.13. The molecule has 134 valence electrons. The van der Waals surface area contributed by atoms with Crippen molar-refractivity contribution in [3.8, 4) is 0 Å². The number of aryl methyl sites for hydroxylation is 1. The lowest BCUT2D eigenvalue weighted by atomic mass is 9.75. The monoisotopic (exact) mass is 342 g/mol. The second-order valence-electron chi connectivity index (χ2n) is 7.53. The van der Waals surface area contributed by atoms with Gasteiger partial charge in [-0.15, -0.1) is 6.58 Å². The summed E-state index contributed by atoms with van der Waals surface area (Å²) in [6.07, 6.45) is 6.48. The van der Waals surface area contributed by atoms with Gasteiger partial charge in [0.1, 0.15) is 0 Å². The first kappa shape index (κ1) is 17.5. The molecule has 0 spiro atoms. The summed E-state index contributed by atoms with van der Waals surface area (Å²) >= 11 is 0. The molecule has 2 aromatic heterocycles. The molecule has 1 aliphatic heterocycles. The fourth-order valence-electron chi connectivity index (χ4n) is 3.91. The number of carbonyl (C=O) groups is 1. The van der Waals surface area contributed by atoms with E-state index in [1.807, 2.05) is 11.0 Å². The van der Waals surface area contributed by atoms with Crippen molar-refractivity contribution in [1.29, 1.82) is 0 Å². The van der Waals surface area contributed by atoms with E-state index in [2.05, 4.69) is 30.5 Å². The molecule has 0 saturated carbocycles. The highest BCUT2D eigenvalue weighted by Crippen LogP contribution is 2.37. The third-order valence-corrected chi connectivity index (χ3v) is 5.38. The zero-order valence-corrected chi connectivity index (χ0v) is 15.2. The van der Waals surface area contributed by atoms with Gasteiger partial charge in [-0.1, -0.05) is 19.9 Å².